The van der Waals surface area contributed by atoms with Gasteiger partial charge in [-0.05, 0) is 12.1 Å². The van der Waals surface area contributed by atoms with Gasteiger partial charge in [-0.2, -0.15) is 0 Å². The van der Waals surface area contributed by atoms with Crippen LogP contribution >= 0.6 is 11.6 Å². The third kappa shape index (κ3) is 3.23. The fourth-order valence-corrected chi connectivity index (χ4v) is 1.65. The lowest BCUT2D eigenvalue weighted by atomic mass is 10.2. The minimum absolute atomic E-state index is 0.0646. The molecule has 0 aliphatic carbocycles. The molecule has 1 heterocycles. The number of nitrogens with one attached hydrogen (secondary N) is 1. The van der Waals surface area contributed by atoms with E-state index in [0.29, 0.717) is 6.07 Å². The number of carbonyl (C=O) groups excluding carboxylic acids is 1. The van der Waals surface area contributed by atoms with Gasteiger partial charge in [0.15, 0.2) is 5.82 Å². The number of rotatable bonds is 3. The first-order valence-corrected chi connectivity index (χ1v) is 5.92. The molecule has 1 amide bonds. The molecule has 1 aromatic heterocycles. The maximum atomic E-state index is 13.6. The Morgan fingerprint density at radius 3 is 2.71 bits per heavy atom. The first-order chi connectivity index (χ1) is 9.88. The second kappa shape index (κ2) is 5.71. The fraction of sp³-hybridized carbons (Fsp3) is 0. The van der Waals surface area contributed by atoms with Gasteiger partial charge in [0.2, 0.25) is 0 Å². The number of hydrogen-bond donors (Lipinski definition) is 2. The van der Waals surface area contributed by atoms with Crippen LogP contribution < -0.4 is 11.1 Å². The Kier molecular flexibility index (Phi) is 3.99. The van der Waals surface area contributed by atoms with Gasteiger partial charge < -0.3 is 11.1 Å². The lowest BCUT2D eigenvalue weighted by Crippen LogP contribution is -2.13. The molecular weight excluding hydrogens is 303 g/mol. The van der Waals surface area contributed by atoms with Gasteiger partial charge in [0.05, 0.1) is 27.3 Å². The molecule has 0 spiro atoms. The predicted octanol–water partition coefficient (Wildman–Crippen LogP) is 2.62. The molecule has 0 atom stereocenters. The van der Waals surface area contributed by atoms with E-state index in [0.717, 1.165) is 12.1 Å². The summed E-state index contributed by atoms with van der Waals surface area (Å²) < 4.78 is 13.6. The molecule has 0 fully saturated rings. The number of nitrogens with two attached hydrogens (primary N) is 1. The first kappa shape index (κ1) is 14.7. The average Bonchev–Trinajstić information content (AvgIpc) is 2.43. The van der Waals surface area contributed by atoms with Crippen molar-refractivity contribution in [2.75, 3.05) is 11.1 Å². The van der Waals surface area contributed by atoms with E-state index in [1.807, 2.05) is 0 Å². The van der Waals surface area contributed by atoms with Gasteiger partial charge in [0.1, 0.15) is 5.82 Å². The normalized spacial score (nSPS) is 10.2. The number of pyridine rings is 1. The van der Waals surface area contributed by atoms with Crippen LogP contribution in [0.2, 0.25) is 5.02 Å². The number of anilines is 2. The molecular formula is C12H8ClFN4O3. The van der Waals surface area contributed by atoms with Crippen molar-refractivity contribution < 1.29 is 14.1 Å². The third-order valence-electron chi connectivity index (χ3n) is 2.54. The molecule has 0 unspecified atom stereocenters. The Morgan fingerprint density at radius 2 is 2.14 bits per heavy atom. The maximum absolute atomic E-state index is 13.6. The second-order valence-electron chi connectivity index (χ2n) is 3.97. The number of amides is 1. The summed E-state index contributed by atoms with van der Waals surface area (Å²) in [6, 6.07) is 4.16. The zero-order valence-electron chi connectivity index (χ0n) is 10.3. The Hall–Kier alpha value is -2.74. The largest absolute Gasteiger partial charge is 0.382 e. The maximum Gasteiger partial charge on any atom is 0.272 e. The molecule has 0 saturated carbocycles. The monoisotopic (exact) mass is 310 g/mol. The minimum atomic E-state index is -0.924. The first-order valence-electron chi connectivity index (χ1n) is 5.55. The molecule has 2 aromatic rings. The molecule has 2 rings (SSSR count). The molecule has 9 heteroatoms. The van der Waals surface area contributed by atoms with E-state index in [1.54, 1.807) is 0 Å². The molecule has 7 nitrogen and oxygen atoms in total. The van der Waals surface area contributed by atoms with Gasteiger partial charge in [-0.1, -0.05) is 11.6 Å². The number of carbonyl (C=O) groups is 1. The molecule has 1 aromatic carbocycles. The lowest BCUT2D eigenvalue weighted by Gasteiger charge is -2.07. The van der Waals surface area contributed by atoms with Gasteiger partial charge in [-0.3, -0.25) is 14.9 Å². The number of nitro groups is 1. The quantitative estimate of drug-likeness (QED) is 0.668. The minimum Gasteiger partial charge on any atom is -0.382 e. The van der Waals surface area contributed by atoms with E-state index in [9.17, 15) is 19.3 Å². The molecule has 0 aliphatic rings. The van der Waals surface area contributed by atoms with Crippen LogP contribution in [-0.4, -0.2) is 15.8 Å². The molecule has 0 radical (unpaired) electrons. The van der Waals surface area contributed by atoms with Crippen molar-refractivity contribution in [1.82, 2.24) is 4.98 Å². The van der Waals surface area contributed by atoms with Crippen LogP contribution in [0.5, 0.6) is 0 Å². The van der Waals surface area contributed by atoms with Gasteiger partial charge in [-0.25, -0.2) is 9.37 Å². The number of hydrogen-bond acceptors (Lipinski definition) is 5. The molecule has 108 valence electrons. The summed E-state index contributed by atoms with van der Waals surface area (Å²) in [6.07, 6.45) is 1.18. The van der Waals surface area contributed by atoms with E-state index in [1.165, 1.54) is 12.3 Å². The highest BCUT2D eigenvalue weighted by Crippen LogP contribution is 2.22. The molecule has 0 saturated heterocycles. The predicted molar refractivity (Wildman–Crippen MR) is 74.7 cm³/mol. The number of nitro benzene ring substituents is 1. The number of nitrogen functional groups attached to an aromatic ring is 1. The summed E-state index contributed by atoms with van der Waals surface area (Å²) in [7, 11) is 0. The zero-order chi connectivity index (χ0) is 15.6. The summed E-state index contributed by atoms with van der Waals surface area (Å²) in [5, 5.41) is 12.8. The summed E-state index contributed by atoms with van der Waals surface area (Å²) in [4.78, 5) is 25.4. The van der Waals surface area contributed by atoms with Crippen molar-refractivity contribution >= 4 is 34.7 Å². The fourth-order valence-electron chi connectivity index (χ4n) is 1.49. The molecule has 0 aliphatic heterocycles. The number of aromatic nitrogens is 1. The second-order valence-corrected chi connectivity index (χ2v) is 4.37. The Morgan fingerprint density at radius 1 is 1.43 bits per heavy atom. The van der Waals surface area contributed by atoms with Crippen molar-refractivity contribution in [3.63, 3.8) is 0 Å². The Bertz CT molecular complexity index is 738. The van der Waals surface area contributed by atoms with Gasteiger partial charge in [0.25, 0.3) is 11.6 Å². The Balaban J connectivity index is 2.23. The van der Waals surface area contributed by atoms with Gasteiger partial charge in [0, 0.05) is 12.3 Å². The van der Waals surface area contributed by atoms with Crippen LogP contribution in [0.4, 0.5) is 21.6 Å². The SMILES string of the molecule is Nc1ncc(C(=O)Nc2ccc([N+](=O)[O-])cc2F)cc1Cl. The van der Waals surface area contributed by atoms with Crippen LogP contribution in [0.3, 0.4) is 0 Å². The van der Waals surface area contributed by atoms with Crippen LogP contribution in [0.1, 0.15) is 10.4 Å². The number of non-ortho nitro benzene ring substituents is 1. The van der Waals surface area contributed by atoms with Crippen molar-refractivity contribution in [2.24, 2.45) is 0 Å². The van der Waals surface area contributed by atoms with Gasteiger partial charge in [-0.15, -0.1) is 0 Å². The van der Waals surface area contributed by atoms with Crippen LogP contribution in [0, 0.1) is 15.9 Å². The van der Waals surface area contributed by atoms with Crippen molar-refractivity contribution in [3.05, 3.63) is 57.0 Å². The summed E-state index contributed by atoms with van der Waals surface area (Å²) >= 11 is 5.73. The van der Waals surface area contributed by atoms with Crippen LogP contribution in [0.25, 0.3) is 0 Å². The number of halogens is 2. The van der Waals surface area contributed by atoms with E-state index >= 15 is 0 Å². The summed E-state index contributed by atoms with van der Waals surface area (Å²) in [5.41, 5.74) is 4.88. The van der Waals surface area contributed by atoms with Crippen molar-refractivity contribution in [1.29, 1.82) is 0 Å². The van der Waals surface area contributed by atoms with Crippen LogP contribution in [-0.2, 0) is 0 Å². The summed E-state index contributed by atoms with van der Waals surface area (Å²) in [6.45, 7) is 0. The number of nitrogens with zero attached hydrogens (tertiary/aromatic N) is 2. The molecule has 0 bridgehead atoms. The number of benzene rings is 1. The smallest absolute Gasteiger partial charge is 0.272 e. The van der Waals surface area contributed by atoms with E-state index in [4.69, 9.17) is 17.3 Å². The summed E-state index contributed by atoms with van der Waals surface area (Å²) in [5.74, 6) is -1.53. The van der Waals surface area contributed by atoms with Gasteiger partial charge >= 0.3 is 0 Å². The highest BCUT2D eigenvalue weighted by molar-refractivity contribution is 6.33. The van der Waals surface area contributed by atoms with Crippen LogP contribution in [0.15, 0.2) is 30.5 Å². The van der Waals surface area contributed by atoms with Crippen molar-refractivity contribution in [2.45, 2.75) is 0 Å². The highest BCUT2D eigenvalue weighted by Gasteiger charge is 2.14. The van der Waals surface area contributed by atoms with E-state index < -0.39 is 22.3 Å². The topological polar surface area (TPSA) is 111 Å². The zero-order valence-corrected chi connectivity index (χ0v) is 11.1. The lowest BCUT2D eigenvalue weighted by molar-refractivity contribution is -0.385. The molecule has 3 N–H and O–H groups in total. The highest BCUT2D eigenvalue weighted by atomic mass is 35.5. The molecule has 21 heavy (non-hydrogen) atoms. The standard InChI is InChI=1S/C12H8ClFN4O3/c13-8-3-6(5-16-11(8)15)12(19)17-10-2-1-7(18(20)21)4-9(10)14/h1-5H,(H2,15,16)(H,17,19). The van der Waals surface area contributed by atoms with E-state index in [2.05, 4.69) is 10.3 Å². The van der Waals surface area contributed by atoms with Crippen molar-refractivity contribution in [3.8, 4) is 0 Å². The van der Waals surface area contributed by atoms with E-state index in [-0.39, 0.29) is 22.1 Å². The average molecular weight is 311 g/mol. The Labute approximate surface area is 122 Å². The third-order valence-corrected chi connectivity index (χ3v) is 2.85.